The van der Waals surface area contributed by atoms with Gasteiger partial charge in [-0.3, -0.25) is 9.36 Å². The Labute approximate surface area is 168 Å². The van der Waals surface area contributed by atoms with E-state index in [1.807, 2.05) is 18.2 Å². The van der Waals surface area contributed by atoms with E-state index < -0.39 is 10.0 Å². The van der Waals surface area contributed by atoms with Gasteiger partial charge in [-0.2, -0.15) is 0 Å². The lowest BCUT2D eigenvalue weighted by molar-refractivity contribution is 0.593. The van der Waals surface area contributed by atoms with Gasteiger partial charge >= 0.3 is 0 Å². The van der Waals surface area contributed by atoms with Gasteiger partial charge < -0.3 is 0 Å². The predicted molar refractivity (Wildman–Crippen MR) is 113 cm³/mol. The molecule has 1 unspecified atom stereocenters. The lowest BCUT2D eigenvalue weighted by Crippen LogP contribution is -2.25. The van der Waals surface area contributed by atoms with E-state index in [9.17, 15) is 13.2 Å². The number of sulfonamides is 1. The van der Waals surface area contributed by atoms with Crippen molar-refractivity contribution >= 4 is 32.7 Å². The molecule has 148 valence electrons. The first-order valence-electron chi connectivity index (χ1n) is 9.07. The molecule has 0 aliphatic heterocycles. The SMILES string of the molecule is CCC(C)Sc1nc2ccccc2c(=O)n1CCc1ccc(S(N)(=O)=O)cc1. The average Bonchev–Trinajstić information content (AvgIpc) is 2.67. The fourth-order valence-corrected chi connectivity index (χ4v) is 4.28. The third-order valence-corrected chi connectivity index (χ3v) is 6.77. The van der Waals surface area contributed by atoms with Crippen molar-refractivity contribution in [2.24, 2.45) is 5.14 Å². The summed E-state index contributed by atoms with van der Waals surface area (Å²) in [4.78, 5) is 17.8. The Kier molecular flexibility index (Phi) is 6.22. The number of aromatic nitrogens is 2. The van der Waals surface area contributed by atoms with E-state index in [1.165, 1.54) is 12.1 Å². The van der Waals surface area contributed by atoms with Gasteiger partial charge in [0.25, 0.3) is 5.56 Å². The molecule has 0 amide bonds. The molecule has 1 heterocycles. The van der Waals surface area contributed by atoms with Crippen molar-refractivity contribution in [3.63, 3.8) is 0 Å². The number of primary sulfonamides is 1. The van der Waals surface area contributed by atoms with Crippen LogP contribution in [0.5, 0.6) is 0 Å². The molecular weight excluding hydrogens is 394 g/mol. The predicted octanol–water partition coefficient (Wildman–Crippen LogP) is 3.18. The Morgan fingerprint density at radius 2 is 1.82 bits per heavy atom. The van der Waals surface area contributed by atoms with Crippen LogP contribution in [0, 0.1) is 0 Å². The van der Waals surface area contributed by atoms with Crippen molar-refractivity contribution in [3.05, 3.63) is 64.4 Å². The van der Waals surface area contributed by atoms with Crippen LogP contribution in [0.1, 0.15) is 25.8 Å². The first-order valence-corrected chi connectivity index (χ1v) is 11.5. The second kappa shape index (κ2) is 8.46. The number of fused-ring (bicyclic) bond motifs is 1. The Morgan fingerprint density at radius 1 is 1.14 bits per heavy atom. The zero-order valence-corrected chi connectivity index (χ0v) is 17.5. The van der Waals surface area contributed by atoms with Crippen LogP contribution < -0.4 is 10.7 Å². The summed E-state index contributed by atoms with van der Waals surface area (Å²) in [6.45, 7) is 4.68. The summed E-state index contributed by atoms with van der Waals surface area (Å²) < 4.78 is 24.5. The molecule has 0 saturated heterocycles. The summed E-state index contributed by atoms with van der Waals surface area (Å²) in [5.41, 5.74) is 1.57. The van der Waals surface area contributed by atoms with E-state index in [1.54, 1.807) is 34.5 Å². The van der Waals surface area contributed by atoms with Gasteiger partial charge in [0, 0.05) is 11.8 Å². The van der Waals surface area contributed by atoms with Crippen LogP contribution in [0.4, 0.5) is 0 Å². The highest BCUT2D eigenvalue weighted by atomic mass is 32.2. The summed E-state index contributed by atoms with van der Waals surface area (Å²) in [5.74, 6) is 0. The topological polar surface area (TPSA) is 95.0 Å². The van der Waals surface area contributed by atoms with Gasteiger partial charge in [0.1, 0.15) is 0 Å². The summed E-state index contributed by atoms with van der Waals surface area (Å²) in [6, 6.07) is 13.8. The van der Waals surface area contributed by atoms with Crippen molar-refractivity contribution in [2.45, 2.75) is 48.5 Å². The van der Waals surface area contributed by atoms with Crippen molar-refractivity contribution in [3.8, 4) is 0 Å². The van der Waals surface area contributed by atoms with Gasteiger partial charge in [-0.05, 0) is 42.7 Å². The molecule has 0 aliphatic rings. The van der Waals surface area contributed by atoms with E-state index >= 15 is 0 Å². The van der Waals surface area contributed by atoms with Gasteiger partial charge in [0.2, 0.25) is 10.0 Å². The second-order valence-electron chi connectivity index (χ2n) is 6.64. The van der Waals surface area contributed by atoms with Crippen molar-refractivity contribution in [2.75, 3.05) is 0 Å². The minimum atomic E-state index is -3.71. The molecule has 2 N–H and O–H groups in total. The summed E-state index contributed by atoms with van der Waals surface area (Å²) in [5, 5.41) is 6.79. The largest absolute Gasteiger partial charge is 0.287 e. The molecule has 8 heteroatoms. The first-order chi connectivity index (χ1) is 13.3. The van der Waals surface area contributed by atoms with Crippen LogP contribution in [0.2, 0.25) is 0 Å². The van der Waals surface area contributed by atoms with E-state index in [2.05, 4.69) is 13.8 Å². The maximum atomic E-state index is 13.0. The fourth-order valence-electron chi connectivity index (χ4n) is 2.78. The molecule has 3 rings (SSSR count). The maximum Gasteiger partial charge on any atom is 0.262 e. The summed E-state index contributed by atoms with van der Waals surface area (Å²) >= 11 is 1.60. The highest BCUT2D eigenvalue weighted by Gasteiger charge is 2.14. The van der Waals surface area contributed by atoms with Crippen molar-refractivity contribution in [1.82, 2.24) is 9.55 Å². The molecule has 3 aromatic rings. The second-order valence-corrected chi connectivity index (χ2v) is 9.61. The molecule has 0 bridgehead atoms. The highest BCUT2D eigenvalue weighted by Crippen LogP contribution is 2.24. The summed E-state index contributed by atoms with van der Waals surface area (Å²) in [6.07, 6.45) is 1.56. The number of aryl methyl sites for hydroxylation is 1. The molecule has 0 aliphatic carbocycles. The van der Waals surface area contributed by atoms with E-state index in [4.69, 9.17) is 10.1 Å². The van der Waals surface area contributed by atoms with Crippen LogP contribution in [-0.4, -0.2) is 23.2 Å². The number of nitrogens with two attached hydrogens (primary N) is 1. The van der Waals surface area contributed by atoms with Gasteiger partial charge in [-0.15, -0.1) is 0 Å². The molecule has 6 nitrogen and oxygen atoms in total. The van der Waals surface area contributed by atoms with E-state index in [0.29, 0.717) is 34.3 Å². The fraction of sp³-hybridized carbons (Fsp3) is 0.300. The van der Waals surface area contributed by atoms with Gasteiger partial charge in [-0.25, -0.2) is 18.5 Å². The number of rotatable bonds is 7. The lowest BCUT2D eigenvalue weighted by Gasteiger charge is -2.15. The van der Waals surface area contributed by atoms with Gasteiger partial charge in [-0.1, -0.05) is 49.9 Å². The van der Waals surface area contributed by atoms with Gasteiger partial charge in [0.15, 0.2) is 5.16 Å². The quantitative estimate of drug-likeness (QED) is 0.471. The Hall–Kier alpha value is -2.16. The number of benzene rings is 2. The molecule has 1 aromatic heterocycles. The normalized spacial score (nSPS) is 13.0. The molecule has 28 heavy (non-hydrogen) atoms. The van der Waals surface area contributed by atoms with Gasteiger partial charge in [0.05, 0.1) is 15.8 Å². The Balaban J connectivity index is 1.93. The van der Waals surface area contributed by atoms with Crippen LogP contribution in [0.25, 0.3) is 10.9 Å². The monoisotopic (exact) mass is 417 g/mol. The minimum Gasteiger partial charge on any atom is -0.287 e. The number of nitrogens with zero attached hydrogens (tertiary/aromatic N) is 2. The number of thioether (sulfide) groups is 1. The molecular formula is C20H23N3O3S2. The van der Waals surface area contributed by atoms with Crippen molar-refractivity contribution < 1.29 is 8.42 Å². The van der Waals surface area contributed by atoms with Crippen LogP contribution in [0.15, 0.2) is 63.4 Å². The summed E-state index contributed by atoms with van der Waals surface area (Å²) in [7, 11) is -3.71. The Bertz CT molecular complexity index is 1140. The highest BCUT2D eigenvalue weighted by molar-refractivity contribution is 7.99. The van der Waals surface area contributed by atoms with E-state index in [-0.39, 0.29) is 10.5 Å². The minimum absolute atomic E-state index is 0.0578. The zero-order valence-electron chi connectivity index (χ0n) is 15.8. The molecule has 0 spiro atoms. The first kappa shape index (κ1) is 20.6. The average molecular weight is 418 g/mol. The number of hydrogen-bond acceptors (Lipinski definition) is 5. The standard InChI is InChI=1S/C20H23N3O3S2/c1-3-14(2)27-20-22-18-7-5-4-6-17(18)19(24)23(20)13-12-15-8-10-16(11-9-15)28(21,25)26/h4-11,14H,3,12-13H2,1-2H3,(H2,21,25,26). The maximum absolute atomic E-state index is 13.0. The zero-order chi connectivity index (χ0) is 20.3. The Morgan fingerprint density at radius 3 is 2.46 bits per heavy atom. The molecule has 0 fully saturated rings. The van der Waals surface area contributed by atoms with E-state index in [0.717, 1.165) is 12.0 Å². The smallest absolute Gasteiger partial charge is 0.262 e. The molecule has 0 saturated carbocycles. The number of hydrogen-bond donors (Lipinski definition) is 1. The van der Waals surface area contributed by atoms with Crippen molar-refractivity contribution in [1.29, 1.82) is 0 Å². The molecule has 2 aromatic carbocycles. The number of para-hydroxylation sites is 1. The van der Waals surface area contributed by atoms with Crippen LogP contribution >= 0.6 is 11.8 Å². The third kappa shape index (κ3) is 4.63. The molecule has 1 atom stereocenters. The van der Waals surface area contributed by atoms with Crippen LogP contribution in [-0.2, 0) is 23.0 Å². The molecule has 0 radical (unpaired) electrons. The van der Waals surface area contributed by atoms with Crippen LogP contribution in [0.3, 0.4) is 0 Å². The lowest BCUT2D eigenvalue weighted by atomic mass is 10.1. The third-order valence-electron chi connectivity index (χ3n) is 4.58.